The first-order valence-corrected chi connectivity index (χ1v) is 4.82. The summed E-state index contributed by atoms with van der Waals surface area (Å²) >= 11 is 3.10. The smallest absolute Gasteiger partial charge is 0.319 e. The van der Waals surface area contributed by atoms with Gasteiger partial charge in [0.15, 0.2) is 0 Å². The molecule has 0 amide bonds. The zero-order valence-electron chi connectivity index (χ0n) is 7.43. The molecule has 0 fully saturated rings. The summed E-state index contributed by atoms with van der Waals surface area (Å²) < 4.78 is 50.3. The van der Waals surface area contributed by atoms with Gasteiger partial charge >= 0.3 is 12.3 Å². The minimum Gasteiger partial charge on any atom is -0.319 e. The Bertz CT molecular complexity index is 325. The van der Waals surface area contributed by atoms with E-state index < -0.39 is 18.4 Å². The molecule has 1 rings (SSSR count). The molecule has 84 valence electrons. The van der Waals surface area contributed by atoms with E-state index in [1.807, 2.05) is 0 Å². The minimum absolute atomic E-state index is 0.0245. The van der Waals surface area contributed by atoms with E-state index in [4.69, 9.17) is 5.73 Å². The lowest BCUT2D eigenvalue weighted by molar-refractivity contribution is -0.144. The lowest BCUT2D eigenvalue weighted by Crippen LogP contribution is -2.39. The van der Waals surface area contributed by atoms with E-state index in [0.717, 1.165) is 0 Å². The van der Waals surface area contributed by atoms with Gasteiger partial charge in [0.2, 0.25) is 0 Å². The largest absolute Gasteiger partial charge is 0.326 e. The molecule has 2 N–H and O–H groups in total. The normalized spacial score (nSPS) is 14.3. The maximum Gasteiger partial charge on any atom is 0.326 e. The van der Waals surface area contributed by atoms with Gasteiger partial charge in [-0.15, -0.1) is 0 Å². The Morgan fingerprint density at radius 1 is 1.13 bits per heavy atom. The Morgan fingerprint density at radius 3 is 2.00 bits per heavy atom. The molecular formula is C9H8BrF4N. The van der Waals surface area contributed by atoms with E-state index in [1.165, 1.54) is 24.3 Å². The average molecular weight is 286 g/mol. The summed E-state index contributed by atoms with van der Waals surface area (Å²) in [5.74, 6) is -4.21. The maximum absolute atomic E-state index is 12.8. The highest BCUT2D eigenvalue weighted by Gasteiger charge is 2.47. The van der Waals surface area contributed by atoms with Gasteiger partial charge < -0.3 is 5.73 Å². The Kier molecular flexibility index (Phi) is 3.72. The van der Waals surface area contributed by atoms with Gasteiger partial charge in [0.1, 0.15) is 6.04 Å². The maximum atomic E-state index is 12.8. The van der Waals surface area contributed by atoms with E-state index in [-0.39, 0.29) is 5.56 Å². The van der Waals surface area contributed by atoms with Crippen LogP contribution < -0.4 is 5.73 Å². The van der Waals surface area contributed by atoms with Gasteiger partial charge in [0, 0.05) is 4.47 Å². The highest BCUT2D eigenvalue weighted by atomic mass is 79.9. The van der Waals surface area contributed by atoms with Crippen LogP contribution in [0.3, 0.4) is 0 Å². The van der Waals surface area contributed by atoms with Crippen molar-refractivity contribution in [2.45, 2.75) is 18.4 Å². The summed E-state index contributed by atoms with van der Waals surface area (Å²) in [6.07, 6.45) is -3.77. The second-order valence-corrected chi connectivity index (χ2v) is 3.92. The number of hydrogen-bond acceptors (Lipinski definition) is 1. The van der Waals surface area contributed by atoms with Crippen molar-refractivity contribution in [2.75, 3.05) is 0 Å². The molecule has 1 unspecified atom stereocenters. The van der Waals surface area contributed by atoms with Crippen molar-refractivity contribution < 1.29 is 17.6 Å². The van der Waals surface area contributed by atoms with Crippen LogP contribution in [-0.4, -0.2) is 12.3 Å². The standard InChI is InChI=1S/C9H8BrF4N/c10-6-3-1-5(2-4-6)7(15)9(13,14)8(11)12/h1-4,7-8H,15H2. The molecule has 0 spiro atoms. The topological polar surface area (TPSA) is 26.0 Å². The molecule has 1 aromatic rings. The number of halogens is 5. The number of nitrogens with two attached hydrogens (primary N) is 1. The molecule has 0 aliphatic heterocycles. The van der Waals surface area contributed by atoms with Crippen LogP contribution in [0.25, 0.3) is 0 Å². The first-order valence-electron chi connectivity index (χ1n) is 4.02. The highest BCUT2D eigenvalue weighted by Crippen LogP contribution is 2.34. The number of hydrogen-bond donors (Lipinski definition) is 1. The fraction of sp³-hybridized carbons (Fsp3) is 0.333. The molecule has 0 aliphatic rings. The molecule has 0 radical (unpaired) electrons. The van der Waals surface area contributed by atoms with Crippen LogP contribution >= 0.6 is 15.9 Å². The molecule has 1 aromatic carbocycles. The molecule has 0 aliphatic carbocycles. The van der Waals surface area contributed by atoms with Gasteiger partial charge in [0.25, 0.3) is 0 Å². The molecule has 15 heavy (non-hydrogen) atoms. The zero-order chi connectivity index (χ0) is 11.6. The van der Waals surface area contributed by atoms with Gasteiger partial charge in [-0.3, -0.25) is 0 Å². The van der Waals surface area contributed by atoms with Crippen molar-refractivity contribution in [2.24, 2.45) is 5.73 Å². The number of benzene rings is 1. The monoisotopic (exact) mass is 285 g/mol. The zero-order valence-corrected chi connectivity index (χ0v) is 9.02. The summed E-state index contributed by atoms with van der Waals surface area (Å²) in [7, 11) is 0. The quantitative estimate of drug-likeness (QED) is 0.847. The lowest BCUT2D eigenvalue weighted by atomic mass is 10.0. The van der Waals surface area contributed by atoms with Crippen LogP contribution in [0, 0.1) is 0 Å². The van der Waals surface area contributed by atoms with E-state index in [2.05, 4.69) is 15.9 Å². The molecule has 6 heteroatoms. The third kappa shape index (κ3) is 2.69. The van der Waals surface area contributed by atoms with Crippen molar-refractivity contribution in [1.82, 2.24) is 0 Å². The predicted molar refractivity (Wildman–Crippen MR) is 52.0 cm³/mol. The van der Waals surface area contributed by atoms with E-state index in [0.29, 0.717) is 4.47 Å². The van der Waals surface area contributed by atoms with Crippen LogP contribution in [0.2, 0.25) is 0 Å². The van der Waals surface area contributed by atoms with Crippen molar-refractivity contribution >= 4 is 15.9 Å². The van der Waals surface area contributed by atoms with Crippen molar-refractivity contribution in [1.29, 1.82) is 0 Å². The summed E-state index contributed by atoms with van der Waals surface area (Å²) in [4.78, 5) is 0. The number of alkyl halides is 4. The van der Waals surface area contributed by atoms with Crippen molar-refractivity contribution in [3.05, 3.63) is 34.3 Å². The van der Waals surface area contributed by atoms with Crippen LogP contribution in [0.1, 0.15) is 11.6 Å². The third-order valence-corrected chi connectivity index (χ3v) is 2.46. The molecule has 0 aromatic heterocycles. The molecule has 1 nitrogen and oxygen atoms in total. The van der Waals surface area contributed by atoms with Gasteiger partial charge in [-0.05, 0) is 17.7 Å². The molecule has 1 atom stereocenters. The predicted octanol–water partition coefficient (Wildman–Crippen LogP) is 3.35. The second-order valence-electron chi connectivity index (χ2n) is 3.00. The highest BCUT2D eigenvalue weighted by molar-refractivity contribution is 9.10. The molecule has 0 saturated carbocycles. The Morgan fingerprint density at radius 2 is 1.60 bits per heavy atom. The van der Waals surface area contributed by atoms with E-state index >= 15 is 0 Å². The average Bonchev–Trinajstić information content (AvgIpc) is 2.17. The summed E-state index contributed by atoms with van der Waals surface area (Å²) in [5.41, 5.74) is 5.05. The SMILES string of the molecule is NC(c1ccc(Br)cc1)C(F)(F)C(F)F. The minimum atomic E-state index is -4.21. The Hall–Kier alpha value is -0.620. The first-order chi connectivity index (χ1) is 6.85. The van der Waals surface area contributed by atoms with Gasteiger partial charge in [0.05, 0.1) is 0 Å². The second kappa shape index (κ2) is 4.49. The fourth-order valence-corrected chi connectivity index (χ4v) is 1.29. The van der Waals surface area contributed by atoms with Gasteiger partial charge in [-0.25, -0.2) is 8.78 Å². The first kappa shape index (κ1) is 12.4. The van der Waals surface area contributed by atoms with Crippen molar-refractivity contribution in [3.63, 3.8) is 0 Å². The van der Waals surface area contributed by atoms with Gasteiger partial charge in [-0.2, -0.15) is 8.78 Å². The molecule has 0 saturated heterocycles. The van der Waals surface area contributed by atoms with Crippen LogP contribution in [0.5, 0.6) is 0 Å². The van der Waals surface area contributed by atoms with Crippen molar-refractivity contribution in [3.8, 4) is 0 Å². The summed E-state index contributed by atoms with van der Waals surface area (Å²) in [6.45, 7) is 0. The fourth-order valence-electron chi connectivity index (χ4n) is 1.03. The number of rotatable bonds is 3. The molecule has 0 bridgehead atoms. The van der Waals surface area contributed by atoms with Crippen LogP contribution in [-0.2, 0) is 0 Å². The summed E-state index contributed by atoms with van der Waals surface area (Å²) in [6, 6.07) is 3.51. The summed E-state index contributed by atoms with van der Waals surface area (Å²) in [5, 5.41) is 0. The Balaban J connectivity index is 2.94. The Labute approximate surface area is 92.4 Å². The van der Waals surface area contributed by atoms with Crippen LogP contribution in [0.15, 0.2) is 28.7 Å². The molecule has 0 heterocycles. The lowest BCUT2D eigenvalue weighted by Gasteiger charge is -2.22. The van der Waals surface area contributed by atoms with Crippen LogP contribution in [0.4, 0.5) is 17.6 Å². The van der Waals surface area contributed by atoms with Gasteiger partial charge in [-0.1, -0.05) is 28.1 Å². The molecular weight excluding hydrogens is 278 g/mol. The third-order valence-electron chi connectivity index (χ3n) is 1.93. The van der Waals surface area contributed by atoms with E-state index in [1.54, 1.807) is 0 Å². The van der Waals surface area contributed by atoms with E-state index in [9.17, 15) is 17.6 Å².